The maximum atomic E-state index is 12.1. The molecular formula is C7H8F3N3. The Morgan fingerprint density at radius 3 is 2.38 bits per heavy atom. The predicted octanol–water partition coefficient (Wildman–Crippen LogP) is 1.23. The third-order valence-corrected chi connectivity index (χ3v) is 1.49. The number of halogens is 3. The lowest BCUT2D eigenvalue weighted by Gasteiger charge is -2.15. The molecule has 0 aliphatic rings. The summed E-state index contributed by atoms with van der Waals surface area (Å²) in [6.45, 7) is 0. The van der Waals surface area contributed by atoms with Crippen LogP contribution in [0.15, 0.2) is 18.5 Å². The monoisotopic (exact) mass is 191 g/mol. The Bertz CT molecular complexity index is 297. The largest absolute Gasteiger partial charge is 0.407 e. The second-order valence-corrected chi connectivity index (χ2v) is 2.57. The minimum Gasteiger partial charge on any atom is -0.397 e. The molecule has 0 aromatic carbocycles. The van der Waals surface area contributed by atoms with E-state index in [-0.39, 0.29) is 11.3 Å². The van der Waals surface area contributed by atoms with E-state index < -0.39 is 12.2 Å². The minimum absolute atomic E-state index is 0.132. The lowest BCUT2D eigenvalue weighted by molar-refractivity contribution is -0.149. The van der Waals surface area contributed by atoms with Gasteiger partial charge in [-0.25, -0.2) is 0 Å². The van der Waals surface area contributed by atoms with Crippen LogP contribution >= 0.6 is 0 Å². The summed E-state index contributed by atoms with van der Waals surface area (Å²) in [6.07, 6.45) is -2.16. The molecule has 13 heavy (non-hydrogen) atoms. The highest BCUT2D eigenvalue weighted by Gasteiger charge is 2.37. The summed E-state index contributed by atoms with van der Waals surface area (Å²) < 4.78 is 36.2. The number of nitrogen functional groups attached to an aromatic ring is 1. The molecule has 0 saturated heterocycles. The second kappa shape index (κ2) is 3.21. The van der Waals surface area contributed by atoms with Crippen molar-refractivity contribution < 1.29 is 13.2 Å². The number of anilines is 1. The van der Waals surface area contributed by atoms with Crippen LogP contribution in [0.4, 0.5) is 18.9 Å². The van der Waals surface area contributed by atoms with Gasteiger partial charge in [0, 0.05) is 12.4 Å². The van der Waals surface area contributed by atoms with Gasteiger partial charge in [0.1, 0.15) is 6.04 Å². The molecule has 4 N–H and O–H groups in total. The van der Waals surface area contributed by atoms with E-state index in [1.807, 2.05) is 0 Å². The third-order valence-electron chi connectivity index (χ3n) is 1.49. The summed E-state index contributed by atoms with van der Waals surface area (Å²) in [5, 5.41) is 0. The zero-order chi connectivity index (χ0) is 10.1. The maximum absolute atomic E-state index is 12.1. The number of nitrogens with zero attached hydrogens (tertiary/aromatic N) is 1. The van der Waals surface area contributed by atoms with Crippen LogP contribution < -0.4 is 11.5 Å². The summed E-state index contributed by atoms with van der Waals surface area (Å²) in [7, 11) is 0. The van der Waals surface area contributed by atoms with Gasteiger partial charge < -0.3 is 11.5 Å². The van der Waals surface area contributed by atoms with Gasteiger partial charge in [-0.2, -0.15) is 13.2 Å². The highest BCUT2D eigenvalue weighted by atomic mass is 19.4. The van der Waals surface area contributed by atoms with E-state index in [0.717, 1.165) is 12.3 Å². The van der Waals surface area contributed by atoms with E-state index in [0.29, 0.717) is 0 Å². The lowest BCUT2D eigenvalue weighted by atomic mass is 10.1. The van der Waals surface area contributed by atoms with Crippen molar-refractivity contribution >= 4 is 5.69 Å². The van der Waals surface area contributed by atoms with Gasteiger partial charge >= 0.3 is 6.18 Å². The molecule has 1 rings (SSSR count). The standard InChI is InChI=1S/C7H8F3N3/c8-7(9,10)6(12)4-1-5(11)3-13-2-4/h1-3,6H,11-12H2/t6-/m1/s1. The number of nitrogens with two attached hydrogens (primary N) is 2. The molecule has 3 nitrogen and oxygen atoms in total. The van der Waals surface area contributed by atoms with E-state index in [4.69, 9.17) is 11.5 Å². The molecule has 1 aromatic heterocycles. The summed E-state index contributed by atoms with van der Waals surface area (Å²) in [6, 6.07) is -0.867. The molecule has 0 saturated carbocycles. The van der Waals surface area contributed by atoms with Crippen LogP contribution in [0.1, 0.15) is 11.6 Å². The van der Waals surface area contributed by atoms with Gasteiger partial charge in [-0.1, -0.05) is 0 Å². The molecule has 1 aromatic rings. The Morgan fingerprint density at radius 2 is 1.92 bits per heavy atom. The van der Waals surface area contributed by atoms with Crippen molar-refractivity contribution in [2.45, 2.75) is 12.2 Å². The Balaban J connectivity index is 2.96. The lowest BCUT2D eigenvalue weighted by Crippen LogP contribution is -2.28. The van der Waals surface area contributed by atoms with Gasteiger partial charge in [-0.3, -0.25) is 4.98 Å². The summed E-state index contributed by atoms with van der Waals surface area (Å²) >= 11 is 0. The highest BCUT2D eigenvalue weighted by molar-refractivity contribution is 5.38. The first-order valence-electron chi connectivity index (χ1n) is 3.44. The van der Waals surface area contributed by atoms with E-state index in [9.17, 15) is 13.2 Å². The molecule has 0 unspecified atom stereocenters. The Labute approximate surface area is 72.6 Å². The molecule has 0 bridgehead atoms. The molecule has 0 radical (unpaired) electrons. The molecule has 1 atom stereocenters. The smallest absolute Gasteiger partial charge is 0.397 e. The third kappa shape index (κ3) is 2.32. The molecule has 0 aliphatic heterocycles. The van der Waals surface area contributed by atoms with Crippen LogP contribution in [0.3, 0.4) is 0 Å². The number of rotatable bonds is 1. The van der Waals surface area contributed by atoms with Crippen molar-refractivity contribution in [3.63, 3.8) is 0 Å². The van der Waals surface area contributed by atoms with Gasteiger partial charge in [0.25, 0.3) is 0 Å². The first-order valence-corrected chi connectivity index (χ1v) is 3.44. The van der Waals surface area contributed by atoms with Gasteiger partial charge in [0.2, 0.25) is 0 Å². The van der Waals surface area contributed by atoms with Crippen LogP contribution in [-0.4, -0.2) is 11.2 Å². The maximum Gasteiger partial charge on any atom is 0.407 e. The Morgan fingerprint density at radius 1 is 1.31 bits per heavy atom. The Kier molecular flexibility index (Phi) is 2.42. The second-order valence-electron chi connectivity index (χ2n) is 2.57. The first-order chi connectivity index (χ1) is 5.91. The van der Waals surface area contributed by atoms with Crippen LogP contribution in [0.25, 0.3) is 0 Å². The van der Waals surface area contributed by atoms with Crippen LogP contribution in [-0.2, 0) is 0 Å². The van der Waals surface area contributed by atoms with Crippen molar-refractivity contribution in [3.05, 3.63) is 24.0 Å². The van der Waals surface area contributed by atoms with Gasteiger partial charge in [-0.15, -0.1) is 0 Å². The van der Waals surface area contributed by atoms with Crippen molar-refractivity contribution in [1.29, 1.82) is 0 Å². The first kappa shape index (κ1) is 9.79. The van der Waals surface area contributed by atoms with E-state index in [1.165, 1.54) is 6.20 Å². The molecule has 0 spiro atoms. The molecular weight excluding hydrogens is 183 g/mol. The van der Waals surface area contributed by atoms with E-state index in [1.54, 1.807) is 0 Å². The fourth-order valence-corrected chi connectivity index (χ4v) is 0.835. The average Bonchev–Trinajstić information content (AvgIpc) is 2.01. The molecule has 6 heteroatoms. The fraction of sp³-hybridized carbons (Fsp3) is 0.286. The number of aromatic nitrogens is 1. The van der Waals surface area contributed by atoms with E-state index in [2.05, 4.69) is 4.98 Å². The number of hydrogen-bond donors (Lipinski definition) is 2. The van der Waals surface area contributed by atoms with Crippen molar-refractivity contribution in [2.24, 2.45) is 5.73 Å². The van der Waals surface area contributed by atoms with Crippen molar-refractivity contribution in [2.75, 3.05) is 5.73 Å². The average molecular weight is 191 g/mol. The van der Waals surface area contributed by atoms with Gasteiger partial charge in [0.15, 0.2) is 0 Å². The van der Waals surface area contributed by atoms with Crippen molar-refractivity contribution in [3.8, 4) is 0 Å². The highest BCUT2D eigenvalue weighted by Crippen LogP contribution is 2.30. The van der Waals surface area contributed by atoms with Gasteiger partial charge in [-0.05, 0) is 11.6 Å². The van der Waals surface area contributed by atoms with Crippen molar-refractivity contribution in [1.82, 2.24) is 4.98 Å². The fourth-order valence-electron chi connectivity index (χ4n) is 0.835. The normalized spacial score (nSPS) is 14.2. The van der Waals surface area contributed by atoms with E-state index >= 15 is 0 Å². The predicted molar refractivity (Wildman–Crippen MR) is 41.6 cm³/mol. The number of pyridine rings is 1. The zero-order valence-corrected chi connectivity index (χ0v) is 6.55. The molecule has 0 amide bonds. The molecule has 1 heterocycles. The van der Waals surface area contributed by atoms with Crippen LogP contribution in [0, 0.1) is 0 Å². The molecule has 0 fully saturated rings. The summed E-state index contributed by atoms with van der Waals surface area (Å²) in [4.78, 5) is 3.51. The Hall–Kier alpha value is -1.30. The number of alkyl halides is 3. The van der Waals surface area contributed by atoms with Crippen LogP contribution in [0.5, 0.6) is 0 Å². The zero-order valence-electron chi connectivity index (χ0n) is 6.55. The van der Waals surface area contributed by atoms with Gasteiger partial charge in [0.05, 0.1) is 5.69 Å². The minimum atomic E-state index is -4.46. The SMILES string of the molecule is Nc1cncc([C@@H](N)C(F)(F)F)c1. The number of hydrogen-bond acceptors (Lipinski definition) is 3. The molecule has 72 valence electrons. The topological polar surface area (TPSA) is 64.9 Å². The summed E-state index contributed by atoms with van der Waals surface area (Å²) in [5.41, 5.74) is 10.2. The molecule has 0 aliphatic carbocycles. The quantitative estimate of drug-likeness (QED) is 0.701. The van der Waals surface area contributed by atoms with Crippen LogP contribution in [0.2, 0.25) is 0 Å². The summed E-state index contributed by atoms with van der Waals surface area (Å²) in [5.74, 6) is 0.